The summed E-state index contributed by atoms with van der Waals surface area (Å²) in [7, 11) is 2.95. The minimum Gasteiger partial charge on any atom is -0.497 e. The lowest BCUT2D eigenvalue weighted by molar-refractivity contribution is -0.150. The third kappa shape index (κ3) is 6.88. The van der Waals surface area contributed by atoms with Gasteiger partial charge in [0.05, 0.1) is 14.2 Å². The lowest BCUT2D eigenvalue weighted by atomic mass is 10.0. The number of amides is 2. The average molecular weight is 463 g/mol. The Balaban J connectivity index is 2.02. The number of carbonyl (C=O) groups is 3. The van der Waals surface area contributed by atoms with Gasteiger partial charge in [-0.2, -0.15) is 0 Å². The van der Waals surface area contributed by atoms with E-state index in [4.69, 9.17) is 25.8 Å². The van der Waals surface area contributed by atoms with Crippen LogP contribution in [0.15, 0.2) is 36.4 Å². The molecule has 0 fully saturated rings. The zero-order valence-electron chi connectivity index (χ0n) is 18.7. The topological polar surface area (TPSA) is 103 Å². The number of methoxy groups -OCH3 is 2. The van der Waals surface area contributed by atoms with Crippen molar-refractivity contribution in [2.45, 2.75) is 26.8 Å². The van der Waals surface area contributed by atoms with Gasteiger partial charge < -0.3 is 24.8 Å². The number of hydrogen-bond donors (Lipinski definition) is 2. The zero-order chi connectivity index (χ0) is 23.8. The second kappa shape index (κ2) is 11.4. The van der Waals surface area contributed by atoms with Gasteiger partial charge in [-0.15, -0.1) is 0 Å². The zero-order valence-corrected chi connectivity index (χ0v) is 19.4. The van der Waals surface area contributed by atoms with Gasteiger partial charge in [0.15, 0.2) is 6.61 Å². The van der Waals surface area contributed by atoms with E-state index in [0.29, 0.717) is 22.2 Å². The Kier molecular flexibility index (Phi) is 8.90. The average Bonchev–Trinajstić information content (AvgIpc) is 2.77. The number of esters is 1. The lowest BCUT2D eigenvalue weighted by Crippen LogP contribution is -2.46. The van der Waals surface area contributed by atoms with E-state index >= 15 is 0 Å². The van der Waals surface area contributed by atoms with Crippen LogP contribution in [0.3, 0.4) is 0 Å². The normalized spacial score (nSPS) is 11.5. The summed E-state index contributed by atoms with van der Waals surface area (Å²) in [6.07, 6.45) is 0. The highest BCUT2D eigenvalue weighted by Crippen LogP contribution is 2.23. The molecule has 8 nitrogen and oxygen atoms in total. The molecule has 0 saturated heterocycles. The maximum absolute atomic E-state index is 12.7. The van der Waals surface area contributed by atoms with Gasteiger partial charge in [0.2, 0.25) is 0 Å². The standard InChI is InChI=1S/C23H27ClN2O6/c1-13(2)21(26-22(28)15-8-17(30-4)11-18(9-15)31-5)23(29)32-12-20(27)25-19-10-16(24)7-6-14(19)3/h6-11,13,21H,12H2,1-5H3,(H,25,27)(H,26,28)/t21-/m1/s1. The fourth-order valence-corrected chi connectivity index (χ4v) is 2.97. The molecule has 2 rings (SSSR count). The molecule has 0 unspecified atom stereocenters. The van der Waals surface area contributed by atoms with Crippen molar-refractivity contribution in [3.63, 3.8) is 0 Å². The Labute approximate surface area is 192 Å². The minimum absolute atomic E-state index is 0.258. The second-order valence-corrected chi connectivity index (χ2v) is 7.85. The Morgan fingerprint density at radius 1 is 1.00 bits per heavy atom. The molecule has 2 amide bonds. The first kappa shape index (κ1) is 25.0. The molecule has 0 radical (unpaired) electrons. The molecule has 0 spiro atoms. The molecule has 0 aliphatic rings. The van der Waals surface area contributed by atoms with E-state index in [2.05, 4.69) is 10.6 Å². The largest absolute Gasteiger partial charge is 0.497 e. The van der Waals surface area contributed by atoms with Crippen molar-refractivity contribution in [2.75, 3.05) is 26.1 Å². The number of hydrogen-bond acceptors (Lipinski definition) is 6. The van der Waals surface area contributed by atoms with Crippen molar-refractivity contribution in [1.82, 2.24) is 5.32 Å². The molecule has 2 aromatic rings. The SMILES string of the molecule is COc1cc(OC)cc(C(=O)N[C@@H](C(=O)OCC(=O)Nc2cc(Cl)ccc2C)C(C)C)c1. The van der Waals surface area contributed by atoms with Crippen molar-refractivity contribution in [2.24, 2.45) is 5.92 Å². The summed E-state index contributed by atoms with van der Waals surface area (Å²) < 4.78 is 15.5. The molecule has 9 heteroatoms. The van der Waals surface area contributed by atoms with Crippen LogP contribution in [-0.4, -0.2) is 44.7 Å². The smallest absolute Gasteiger partial charge is 0.329 e. The van der Waals surface area contributed by atoms with Crippen LogP contribution >= 0.6 is 11.6 Å². The van der Waals surface area contributed by atoms with Gasteiger partial charge in [0, 0.05) is 22.3 Å². The summed E-state index contributed by atoms with van der Waals surface area (Å²) in [6.45, 7) is 4.83. The van der Waals surface area contributed by atoms with Crippen molar-refractivity contribution in [3.05, 3.63) is 52.5 Å². The highest BCUT2D eigenvalue weighted by Gasteiger charge is 2.27. The number of nitrogens with one attached hydrogen (secondary N) is 2. The second-order valence-electron chi connectivity index (χ2n) is 7.41. The summed E-state index contributed by atoms with van der Waals surface area (Å²) in [6, 6.07) is 8.81. The Morgan fingerprint density at radius 3 is 2.19 bits per heavy atom. The first-order chi connectivity index (χ1) is 15.1. The molecule has 0 aliphatic carbocycles. The summed E-state index contributed by atoms with van der Waals surface area (Å²) in [5.41, 5.74) is 1.60. The van der Waals surface area contributed by atoms with Gasteiger partial charge in [-0.05, 0) is 42.7 Å². The maximum Gasteiger partial charge on any atom is 0.329 e. The van der Waals surface area contributed by atoms with Crippen molar-refractivity contribution in [3.8, 4) is 11.5 Å². The number of anilines is 1. The van der Waals surface area contributed by atoms with Crippen LogP contribution in [-0.2, 0) is 14.3 Å². The molecule has 1 atom stereocenters. The van der Waals surface area contributed by atoms with E-state index in [0.717, 1.165) is 5.56 Å². The van der Waals surface area contributed by atoms with Gasteiger partial charge in [-0.25, -0.2) is 4.79 Å². The summed E-state index contributed by atoms with van der Waals surface area (Å²) in [4.78, 5) is 37.5. The van der Waals surface area contributed by atoms with Crippen LogP contribution in [0, 0.1) is 12.8 Å². The predicted octanol–water partition coefficient (Wildman–Crippen LogP) is 3.60. The van der Waals surface area contributed by atoms with Crippen LogP contribution in [0.1, 0.15) is 29.8 Å². The van der Waals surface area contributed by atoms with Crippen LogP contribution in [0.5, 0.6) is 11.5 Å². The fraction of sp³-hybridized carbons (Fsp3) is 0.348. The first-order valence-electron chi connectivity index (χ1n) is 9.91. The van der Waals surface area contributed by atoms with E-state index in [9.17, 15) is 14.4 Å². The molecule has 0 aromatic heterocycles. The molecule has 0 aliphatic heterocycles. The molecule has 0 saturated carbocycles. The quantitative estimate of drug-likeness (QED) is 0.552. The lowest BCUT2D eigenvalue weighted by Gasteiger charge is -2.21. The molecular weight excluding hydrogens is 436 g/mol. The van der Waals surface area contributed by atoms with Crippen molar-refractivity contribution in [1.29, 1.82) is 0 Å². The Hall–Kier alpha value is -3.26. The van der Waals surface area contributed by atoms with Gasteiger partial charge in [0.25, 0.3) is 11.8 Å². The van der Waals surface area contributed by atoms with Gasteiger partial charge in [-0.3, -0.25) is 9.59 Å². The van der Waals surface area contributed by atoms with E-state index in [-0.39, 0.29) is 11.5 Å². The summed E-state index contributed by atoms with van der Waals surface area (Å²) in [5.74, 6) is -1.15. The van der Waals surface area contributed by atoms with Gasteiger partial charge in [-0.1, -0.05) is 31.5 Å². The summed E-state index contributed by atoms with van der Waals surface area (Å²) in [5, 5.41) is 5.77. The molecule has 2 N–H and O–H groups in total. The van der Waals surface area contributed by atoms with Crippen molar-refractivity contribution < 1.29 is 28.6 Å². The first-order valence-corrected chi connectivity index (χ1v) is 10.3. The van der Waals surface area contributed by atoms with Crippen LogP contribution in [0.25, 0.3) is 0 Å². The highest BCUT2D eigenvalue weighted by atomic mass is 35.5. The van der Waals surface area contributed by atoms with Crippen LogP contribution in [0.2, 0.25) is 5.02 Å². The van der Waals surface area contributed by atoms with Crippen LogP contribution in [0.4, 0.5) is 5.69 Å². The molecule has 2 aromatic carbocycles. The molecule has 172 valence electrons. The summed E-state index contributed by atoms with van der Waals surface area (Å²) >= 11 is 5.95. The van der Waals surface area contributed by atoms with E-state index in [1.165, 1.54) is 26.4 Å². The predicted molar refractivity (Wildman–Crippen MR) is 121 cm³/mol. The Morgan fingerprint density at radius 2 is 1.62 bits per heavy atom. The van der Waals surface area contributed by atoms with Crippen molar-refractivity contribution >= 4 is 35.1 Å². The number of benzene rings is 2. The fourth-order valence-electron chi connectivity index (χ4n) is 2.80. The molecule has 0 heterocycles. The number of ether oxygens (including phenoxy) is 3. The third-order valence-corrected chi connectivity index (χ3v) is 4.88. The number of rotatable bonds is 9. The van der Waals surface area contributed by atoms with Gasteiger partial charge >= 0.3 is 5.97 Å². The molecule has 0 bridgehead atoms. The van der Waals surface area contributed by atoms with E-state index in [1.807, 2.05) is 6.92 Å². The third-order valence-electron chi connectivity index (χ3n) is 4.64. The van der Waals surface area contributed by atoms with Gasteiger partial charge in [0.1, 0.15) is 17.5 Å². The van der Waals surface area contributed by atoms with E-state index in [1.54, 1.807) is 38.1 Å². The maximum atomic E-state index is 12.7. The number of halogens is 1. The molecular formula is C23H27ClN2O6. The number of aryl methyl sites for hydroxylation is 1. The van der Waals surface area contributed by atoms with Crippen LogP contribution < -0.4 is 20.1 Å². The number of carbonyl (C=O) groups excluding carboxylic acids is 3. The molecule has 32 heavy (non-hydrogen) atoms. The monoisotopic (exact) mass is 462 g/mol. The minimum atomic E-state index is -0.958. The Bertz CT molecular complexity index is 970. The highest BCUT2D eigenvalue weighted by molar-refractivity contribution is 6.31. The van der Waals surface area contributed by atoms with E-state index < -0.39 is 30.4 Å².